The fraction of sp³-hybridized carbons (Fsp3) is 0.867. The summed E-state index contributed by atoms with van der Waals surface area (Å²) < 4.78 is 0. The first-order valence-corrected chi connectivity index (χ1v) is 7.54. The van der Waals surface area contributed by atoms with Crippen molar-refractivity contribution in [3.05, 3.63) is 0 Å². The van der Waals surface area contributed by atoms with E-state index in [1.165, 1.54) is 19.3 Å². The lowest BCUT2D eigenvalue weighted by Crippen LogP contribution is -2.57. The molecular weight excluding hydrogens is 242 g/mol. The van der Waals surface area contributed by atoms with Gasteiger partial charge in [0.05, 0.1) is 12.0 Å². The lowest BCUT2D eigenvalue weighted by Gasteiger charge is -2.55. The van der Waals surface area contributed by atoms with Crippen LogP contribution in [0.1, 0.15) is 51.9 Å². The zero-order valence-corrected chi connectivity index (χ0v) is 11.5. The van der Waals surface area contributed by atoms with Gasteiger partial charge in [0.1, 0.15) is 0 Å². The summed E-state index contributed by atoms with van der Waals surface area (Å²) in [6.45, 7) is 1.76. The summed E-state index contributed by atoms with van der Waals surface area (Å²) in [6, 6.07) is -0.833. The molecule has 4 rings (SSSR count). The number of hydrogen-bond acceptors (Lipinski definition) is 3. The van der Waals surface area contributed by atoms with Crippen LogP contribution in [0.5, 0.6) is 0 Å². The summed E-state index contributed by atoms with van der Waals surface area (Å²) in [5.74, 6) is 0.892. The molecule has 0 aromatic heterocycles. The van der Waals surface area contributed by atoms with Crippen LogP contribution in [-0.2, 0) is 9.59 Å². The van der Waals surface area contributed by atoms with Gasteiger partial charge in [0, 0.05) is 5.41 Å². The van der Waals surface area contributed by atoms with Crippen LogP contribution in [0.3, 0.4) is 0 Å². The normalized spacial score (nSPS) is 41.0. The van der Waals surface area contributed by atoms with Gasteiger partial charge in [-0.25, -0.2) is 0 Å². The van der Waals surface area contributed by atoms with Crippen molar-refractivity contribution < 1.29 is 14.7 Å². The molecule has 4 saturated carbocycles. The van der Waals surface area contributed by atoms with E-state index < -0.39 is 12.0 Å². The fourth-order valence-corrected chi connectivity index (χ4v) is 5.03. The van der Waals surface area contributed by atoms with E-state index in [0.29, 0.717) is 24.2 Å². The number of amides is 1. The zero-order valence-electron chi connectivity index (χ0n) is 11.5. The van der Waals surface area contributed by atoms with Crippen LogP contribution in [0.4, 0.5) is 0 Å². The molecule has 0 aromatic rings. The standard InChI is InChI=1S/C15H23NO3/c1-2-12(13(17)18)16-14(19)15-6-9-3-10(7-15)5-11(4-9)8-15/h9-12H,2-8H2,1H3,(H,16,19)(H,17,18)/p-1/t9?,10?,11?,12-,15?/m0/s1. The first-order valence-electron chi connectivity index (χ1n) is 7.54. The lowest BCUT2D eigenvalue weighted by molar-refractivity contribution is -0.308. The van der Waals surface area contributed by atoms with Gasteiger partial charge in [-0.3, -0.25) is 4.79 Å². The third-order valence-electron chi connectivity index (χ3n) is 5.52. The van der Waals surface area contributed by atoms with Gasteiger partial charge in [-0.1, -0.05) is 6.92 Å². The van der Waals surface area contributed by atoms with Gasteiger partial charge in [0.15, 0.2) is 0 Å². The Morgan fingerprint density at radius 3 is 2.00 bits per heavy atom. The Kier molecular flexibility index (Phi) is 3.06. The summed E-state index contributed by atoms with van der Waals surface area (Å²) in [5, 5.41) is 13.7. The minimum absolute atomic E-state index is 0.0253. The van der Waals surface area contributed by atoms with Gasteiger partial charge in [0.25, 0.3) is 0 Å². The molecule has 4 heteroatoms. The highest BCUT2D eigenvalue weighted by molar-refractivity contribution is 5.87. The predicted molar refractivity (Wildman–Crippen MR) is 67.8 cm³/mol. The Balaban J connectivity index is 1.74. The Labute approximate surface area is 113 Å². The quantitative estimate of drug-likeness (QED) is 0.818. The Morgan fingerprint density at radius 2 is 1.63 bits per heavy atom. The van der Waals surface area contributed by atoms with E-state index in [4.69, 9.17) is 0 Å². The Morgan fingerprint density at radius 1 is 1.16 bits per heavy atom. The summed E-state index contributed by atoms with van der Waals surface area (Å²) in [4.78, 5) is 23.5. The largest absolute Gasteiger partial charge is 0.548 e. The Hall–Kier alpha value is -1.06. The molecule has 4 aliphatic carbocycles. The first kappa shape index (κ1) is 12.9. The maximum absolute atomic E-state index is 12.6. The van der Waals surface area contributed by atoms with Crippen LogP contribution in [0.2, 0.25) is 0 Å². The SMILES string of the molecule is CC[C@H](NC(=O)C12CC3CC(CC(C3)C1)C2)C(=O)[O-]. The zero-order chi connectivity index (χ0) is 13.6. The smallest absolute Gasteiger partial charge is 0.226 e. The first-order chi connectivity index (χ1) is 9.02. The molecule has 0 saturated heterocycles. The van der Waals surface area contributed by atoms with Crippen LogP contribution in [0.15, 0.2) is 0 Å². The van der Waals surface area contributed by atoms with Gasteiger partial charge in [-0.05, 0) is 62.7 Å². The number of hydrogen-bond donors (Lipinski definition) is 1. The van der Waals surface area contributed by atoms with Gasteiger partial charge < -0.3 is 15.2 Å². The van der Waals surface area contributed by atoms with Crippen LogP contribution in [-0.4, -0.2) is 17.9 Å². The molecule has 1 atom stereocenters. The van der Waals surface area contributed by atoms with Crippen molar-refractivity contribution in [2.24, 2.45) is 23.2 Å². The minimum atomic E-state index is -1.17. The molecule has 4 aliphatic rings. The molecule has 0 radical (unpaired) electrons. The van der Waals surface area contributed by atoms with Crippen molar-refractivity contribution >= 4 is 11.9 Å². The summed E-state index contributed by atoms with van der Waals surface area (Å²) in [6.07, 6.45) is 7.13. The van der Waals surface area contributed by atoms with E-state index in [2.05, 4.69) is 5.32 Å². The maximum atomic E-state index is 12.6. The molecule has 19 heavy (non-hydrogen) atoms. The third-order valence-corrected chi connectivity index (χ3v) is 5.52. The van der Waals surface area contributed by atoms with E-state index in [0.717, 1.165) is 19.3 Å². The molecular formula is C15H22NO3-. The molecule has 4 fully saturated rings. The maximum Gasteiger partial charge on any atom is 0.226 e. The van der Waals surface area contributed by atoms with Gasteiger partial charge in [0.2, 0.25) is 5.91 Å². The highest BCUT2D eigenvalue weighted by Crippen LogP contribution is 2.60. The second-order valence-corrected chi connectivity index (χ2v) is 6.95. The second kappa shape index (κ2) is 4.50. The van der Waals surface area contributed by atoms with Crippen LogP contribution < -0.4 is 10.4 Å². The summed E-state index contributed by atoms with van der Waals surface area (Å²) in [7, 11) is 0. The summed E-state index contributed by atoms with van der Waals surface area (Å²) >= 11 is 0. The predicted octanol–water partition coefficient (Wildman–Crippen LogP) is 0.847. The van der Waals surface area contributed by atoms with E-state index in [9.17, 15) is 14.7 Å². The van der Waals surface area contributed by atoms with Crippen LogP contribution >= 0.6 is 0 Å². The molecule has 0 unspecified atom stereocenters. The number of carbonyl (C=O) groups is 2. The monoisotopic (exact) mass is 264 g/mol. The molecule has 106 valence electrons. The van der Waals surface area contributed by atoms with Crippen LogP contribution in [0, 0.1) is 23.2 Å². The summed E-state index contributed by atoms with van der Waals surface area (Å²) in [5.41, 5.74) is -0.266. The lowest BCUT2D eigenvalue weighted by atomic mass is 9.49. The van der Waals surface area contributed by atoms with Crippen LogP contribution in [0.25, 0.3) is 0 Å². The third kappa shape index (κ3) is 2.15. The molecule has 4 bridgehead atoms. The molecule has 0 aromatic carbocycles. The number of rotatable bonds is 4. The van der Waals surface area contributed by atoms with E-state index in [1.807, 2.05) is 0 Å². The highest BCUT2D eigenvalue weighted by atomic mass is 16.4. The fourth-order valence-electron chi connectivity index (χ4n) is 5.03. The molecule has 0 heterocycles. The van der Waals surface area contributed by atoms with Gasteiger partial charge >= 0.3 is 0 Å². The van der Waals surface area contributed by atoms with Crippen molar-refractivity contribution in [3.63, 3.8) is 0 Å². The highest BCUT2D eigenvalue weighted by Gasteiger charge is 2.54. The number of carbonyl (C=O) groups excluding carboxylic acids is 2. The number of nitrogens with one attached hydrogen (secondary N) is 1. The van der Waals surface area contributed by atoms with E-state index in [-0.39, 0.29) is 11.3 Å². The number of carboxylic acids is 1. The van der Waals surface area contributed by atoms with Crippen molar-refractivity contribution in [1.29, 1.82) is 0 Å². The molecule has 0 spiro atoms. The van der Waals surface area contributed by atoms with Crippen molar-refractivity contribution in [1.82, 2.24) is 5.32 Å². The topological polar surface area (TPSA) is 69.2 Å². The van der Waals surface area contributed by atoms with Crippen molar-refractivity contribution in [3.8, 4) is 0 Å². The average molecular weight is 264 g/mol. The van der Waals surface area contributed by atoms with Gasteiger partial charge in [-0.15, -0.1) is 0 Å². The molecule has 4 nitrogen and oxygen atoms in total. The van der Waals surface area contributed by atoms with Crippen molar-refractivity contribution in [2.75, 3.05) is 0 Å². The number of carboxylic acid groups (broad SMARTS) is 1. The van der Waals surface area contributed by atoms with E-state index >= 15 is 0 Å². The van der Waals surface area contributed by atoms with Gasteiger partial charge in [-0.2, -0.15) is 0 Å². The average Bonchev–Trinajstić information content (AvgIpc) is 2.33. The van der Waals surface area contributed by atoms with Crippen molar-refractivity contribution in [2.45, 2.75) is 57.9 Å². The Bertz CT molecular complexity index is 369. The second-order valence-electron chi connectivity index (χ2n) is 6.95. The molecule has 1 N–H and O–H groups in total. The molecule has 1 amide bonds. The number of aliphatic carboxylic acids is 1. The molecule has 0 aliphatic heterocycles. The van der Waals surface area contributed by atoms with E-state index in [1.54, 1.807) is 6.92 Å². The minimum Gasteiger partial charge on any atom is -0.548 e.